The molecule has 15 heavy (non-hydrogen) atoms. The minimum absolute atomic E-state index is 0.267. The highest BCUT2D eigenvalue weighted by Crippen LogP contribution is 2.18. The summed E-state index contributed by atoms with van der Waals surface area (Å²) < 4.78 is 4.97. The van der Waals surface area contributed by atoms with Crippen molar-refractivity contribution in [2.45, 2.75) is 37.8 Å². The first kappa shape index (κ1) is 12.3. The van der Waals surface area contributed by atoms with E-state index in [1.54, 1.807) is 7.11 Å². The third kappa shape index (κ3) is 4.99. The quantitative estimate of drug-likeness (QED) is 0.573. The number of amides is 2. The van der Waals surface area contributed by atoms with Crippen molar-refractivity contribution in [3.63, 3.8) is 0 Å². The van der Waals surface area contributed by atoms with Crippen molar-refractivity contribution in [1.82, 2.24) is 10.6 Å². The number of hydrogen-bond donors (Lipinski definition) is 3. The van der Waals surface area contributed by atoms with E-state index < -0.39 is 6.03 Å². The molecule has 1 rings (SSSR count). The van der Waals surface area contributed by atoms with Crippen LogP contribution in [0.25, 0.3) is 0 Å². The predicted molar refractivity (Wildman–Crippen MR) is 58.6 cm³/mol. The summed E-state index contributed by atoms with van der Waals surface area (Å²) in [4.78, 5) is 10.6. The van der Waals surface area contributed by atoms with Crippen LogP contribution in [0.2, 0.25) is 0 Å². The van der Waals surface area contributed by atoms with Crippen molar-refractivity contribution < 1.29 is 9.53 Å². The van der Waals surface area contributed by atoms with Crippen LogP contribution in [0.3, 0.4) is 0 Å². The lowest BCUT2D eigenvalue weighted by Gasteiger charge is -2.29. The summed E-state index contributed by atoms with van der Waals surface area (Å²) in [5, 5.41) is 6.18. The van der Waals surface area contributed by atoms with E-state index in [9.17, 15) is 4.79 Å². The lowest BCUT2D eigenvalue weighted by atomic mass is 9.91. The smallest absolute Gasteiger partial charge is 0.312 e. The molecule has 0 spiro atoms. The van der Waals surface area contributed by atoms with E-state index in [0.29, 0.717) is 6.04 Å². The van der Waals surface area contributed by atoms with Crippen LogP contribution in [-0.4, -0.2) is 38.4 Å². The molecule has 1 saturated carbocycles. The molecule has 0 aromatic heterocycles. The molecule has 0 bridgehead atoms. The fourth-order valence-electron chi connectivity index (χ4n) is 2.01. The van der Waals surface area contributed by atoms with E-state index in [-0.39, 0.29) is 6.04 Å². The Hall–Kier alpha value is -0.810. The second-order valence-electron chi connectivity index (χ2n) is 4.00. The number of ether oxygens (including phenoxy) is 1. The van der Waals surface area contributed by atoms with E-state index >= 15 is 0 Å². The van der Waals surface area contributed by atoms with Crippen LogP contribution in [0.1, 0.15) is 25.7 Å². The number of carbonyl (C=O) groups is 1. The molecule has 2 amide bonds. The van der Waals surface area contributed by atoms with Crippen molar-refractivity contribution in [1.29, 1.82) is 0 Å². The summed E-state index contributed by atoms with van der Waals surface area (Å²) in [7, 11) is 1.70. The molecule has 4 N–H and O–H groups in total. The predicted octanol–water partition coefficient (Wildman–Crippen LogP) is 0.202. The Morgan fingerprint density at radius 2 is 1.93 bits per heavy atom. The standard InChI is InChI=1S/C10H21N3O2/c1-15-7-6-12-8-2-4-9(5-3-8)13-10(11)14/h8-9,12H,2-7H2,1H3,(H3,11,13,14). The normalized spacial score (nSPS) is 26.2. The van der Waals surface area contributed by atoms with Gasteiger partial charge in [0.25, 0.3) is 0 Å². The highest BCUT2D eigenvalue weighted by Gasteiger charge is 2.20. The lowest BCUT2D eigenvalue weighted by molar-refractivity contribution is 0.190. The van der Waals surface area contributed by atoms with Crippen LogP contribution in [0.5, 0.6) is 0 Å². The number of primary amides is 1. The molecule has 0 aromatic carbocycles. The molecule has 1 fully saturated rings. The third-order valence-electron chi connectivity index (χ3n) is 2.81. The van der Waals surface area contributed by atoms with Gasteiger partial charge in [0, 0.05) is 25.7 Å². The third-order valence-corrected chi connectivity index (χ3v) is 2.81. The monoisotopic (exact) mass is 215 g/mol. The summed E-state index contributed by atoms with van der Waals surface area (Å²) in [5.74, 6) is 0. The van der Waals surface area contributed by atoms with Crippen LogP contribution in [-0.2, 0) is 4.74 Å². The highest BCUT2D eigenvalue weighted by atomic mass is 16.5. The summed E-state index contributed by atoms with van der Waals surface area (Å²) in [6.45, 7) is 1.65. The Kier molecular flexibility index (Phi) is 5.42. The zero-order valence-electron chi connectivity index (χ0n) is 9.29. The van der Waals surface area contributed by atoms with E-state index in [0.717, 1.165) is 38.8 Å². The molecule has 0 aliphatic heterocycles. The van der Waals surface area contributed by atoms with Crippen molar-refractivity contribution in [3.05, 3.63) is 0 Å². The molecule has 0 aromatic rings. The average molecular weight is 215 g/mol. The van der Waals surface area contributed by atoms with Crippen LogP contribution < -0.4 is 16.4 Å². The van der Waals surface area contributed by atoms with E-state index in [2.05, 4.69) is 10.6 Å². The molecule has 1 aliphatic carbocycles. The maximum atomic E-state index is 10.6. The minimum atomic E-state index is -0.411. The number of nitrogens with two attached hydrogens (primary N) is 1. The maximum absolute atomic E-state index is 10.6. The first-order chi connectivity index (χ1) is 7.22. The zero-order valence-corrected chi connectivity index (χ0v) is 9.29. The van der Waals surface area contributed by atoms with Crippen molar-refractivity contribution >= 4 is 6.03 Å². The summed E-state index contributed by atoms with van der Waals surface area (Å²) in [6.07, 6.45) is 4.20. The molecule has 5 nitrogen and oxygen atoms in total. The molecule has 1 aliphatic rings. The zero-order chi connectivity index (χ0) is 11.1. The highest BCUT2D eigenvalue weighted by molar-refractivity contribution is 5.71. The van der Waals surface area contributed by atoms with Crippen LogP contribution in [0.4, 0.5) is 4.79 Å². The lowest BCUT2D eigenvalue weighted by Crippen LogP contribution is -2.44. The molecule has 0 atom stereocenters. The van der Waals surface area contributed by atoms with Gasteiger partial charge in [0.2, 0.25) is 0 Å². The molecule has 0 radical (unpaired) electrons. The SMILES string of the molecule is COCCNC1CCC(NC(N)=O)CC1. The van der Waals surface area contributed by atoms with E-state index in [1.165, 1.54) is 0 Å². The first-order valence-electron chi connectivity index (χ1n) is 5.50. The van der Waals surface area contributed by atoms with Crippen LogP contribution >= 0.6 is 0 Å². The number of rotatable bonds is 5. The van der Waals surface area contributed by atoms with Gasteiger partial charge in [0.15, 0.2) is 0 Å². The second-order valence-corrected chi connectivity index (χ2v) is 4.00. The number of carbonyl (C=O) groups excluding carboxylic acids is 1. The van der Waals surface area contributed by atoms with Gasteiger partial charge in [-0.1, -0.05) is 0 Å². The largest absolute Gasteiger partial charge is 0.383 e. The molecule has 0 heterocycles. The summed E-state index contributed by atoms with van der Waals surface area (Å²) >= 11 is 0. The van der Waals surface area contributed by atoms with Gasteiger partial charge >= 0.3 is 6.03 Å². The molecule has 5 heteroatoms. The van der Waals surface area contributed by atoms with Crippen LogP contribution in [0, 0.1) is 0 Å². The van der Waals surface area contributed by atoms with Crippen LogP contribution in [0.15, 0.2) is 0 Å². The van der Waals surface area contributed by atoms with Crippen molar-refractivity contribution in [2.24, 2.45) is 5.73 Å². The Balaban J connectivity index is 2.10. The molecule has 0 unspecified atom stereocenters. The maximum Gasteiger partial charge on any atom is 0.312 e. The van der Waals surface area contributed by atoms with Gasteiger partial charge in [-0.05, 0) is 25.7 Å². The molecular formula is C10H21N3O2. The fourth-order valence-corrected chi connectivity index (χ4v) is 2.01. The van der Waals surface area contributed by atoms with Gasteiger partial charge in [0.1, 0.15) is 0 Å². The topological polar surface area (TPSA) is 76.4 Å². The summed E-state index contributed by atoms with van der Waals surface area (Å²) in [5.41, 5.74) is 5.07. The van der Waals surface area contributed by atoms with E-state index in [4.69, 9.17) is 10.5 Å². The van der Waals surface area contributed by atoms with Gasteiger partial charge in [-0.15, -0.1) is 0 Å². The van der Waals surface area contributed by atoms with Gasteiger partial charge in [-0.3, -0.25) is 0 Å². The van der Waals surface area contributed by atoms with Crippen molar-refractivity contribution in [2.75, 3.05) is 20.3 Å². The minimum Gasteiger partial charge on any atom is -0.383 e. The van der Waals surface area contributed by atoms with E-state index in [1.807, 2.05) is 0 Å². The van der Waals surface area contributed by atoms with Gasteiger partial charge < -0.3 is 21.1 Å². The first-order valence-corrected chi connectivity index (χ1v) is 5.50. The Morgan fingerprint density at radius 3 is 2.47 bits per heavy atom. The Bertz CT molecular complexity index is 191. The Morgan fingerprint density at radius 1 is 1.33 bits per heavy atom. The van der Waals surface area contributed by atoms with Gasteiger partial charge in [-0.25, -0.2) is 4.79 Å². The van der Waals surface area contributed by atoms with Gasteiger partial charge in [-0.2, -0.15) is 0 Å². The molecular weight excluding hydrogens is 194 g/mol. The summed E-state index contributed by atoms with van der Waals surface area (Å²) in [6, 6.07) is 0.417. The fraction of sp³-hybridized carbons (Fsp3) is 0.900. The Labute approximate surface area is 90.7 Å². The van der Waals surface area contributed by atoms with Crippen molar-refractivity contribution in [3.8, 4) is 0 Å². The number of urea groups is 1. The number of hydrogen-bond acceptors (Lipinski definition) is 3. The van der Waals surface area contributed by atoms with Gasteiger partial charge in [0.05, 0.1) is 6.61 Å². The number of nitrogens with one attached hydrogen (secondary N) is 2. The number of methoxy groups -OCH3 is 1. The average Bonchev–Trinajstić information content (AvgIpc) is 2.20. The molecule has 88 valence electrons. The second kappa shape index (κ2) is 6.63. The molecule has 0 saturated heterocycles.